The summed E-state index contributed by atoms with van der Waals surface area (Å²) in [6, 6.07) is 4.54. The van der Waals surface area contributed by atoms with Gasteiger partial charge in [-0.3, -0.25) is 0 Å². The summed E-state index contributed by atoms with van der Waals surface area (Å²) in [6.45, 7) is 1.84. The van der Waals surface area contributed by atoms with Crippen LogP contribution in [0, 0.1) is 11.8 Å². The van der Waals surface area contributed by atoms with E-state index in [1.807, 2.05) is 0 Å². The summed E-state index contributed by atoms with van der Waals surface area (Å²) in [5.74, 6) is 5.12. The molecule has 0 saturated heterocycles. The minimum Gasteiger partial charge on any atom is -0.497 e. The molecule has 0 fully saturated rings. The van der Waals surface area contributed by atoms with Gasteiger partial charge in [-0.1, -0.05) is 5.92 Å². The summed E-state index contributed by atoms with van der Waals surface area (Å²) in [7, 11) is 1.51. The predicted molar refractivity (Wildman–Crippen MR) is 58.9 cm³/mol. The fourth-order valence-corrected chi connectivity index (χ4v) is 1.11. The highest BCUT2D eigenvalue weighted by Gasteiger charge is 2.11. The van der Waals surface area contributed by atoms with E-state index >= 15 is 0 Å². The van der Waals surface area contributed by atoms with Gasteiger partial charge >= 0.3 is 5.97 Å². The molecule has 0 aromatic heterocycles. The van der Waals surface area contributed by atoms with Crippen molar-refractivity contribution in [1.29, 1.82) is 0 Å². The van der Waals surface area contributed by atoms with Gasteiger partial charge in [0.1, 0.15) is 23.7 Å². The maximum Gasteiger partial charge on any atom is 0.339 e. The third-order valence-electron chi connectivity index (χ3n) is 1.90. The van der Waals surface area contributed by atoms with Gasteiger partial charge in [0.15, 0.2) is 0 Å². The molecule has 1 rings (SSSR count). The summed E-state index contributed by atoms with van der Waals surface area (Å²) in [4.78, 5) is 10.9. The van der Waals surface area contributed by atoms with E-state index in [1.54, 1.807) is 13.0 Å². The Hall–Kier alpha value is -2.15. The highest BCUT2D eigenvalue weighted by molar-refractivity contribution is 5.91. The van der Waals surface area contributed by atoms with Gasteiger partial charge < -0.3 is 14.6 Å². The molecule has 4 heteroatoms. The smallest absolute Gasteiger partial charge is 0.339 e. The topological polar surface area (TPSA) is 55.8 Å². The molecule has 4 nitrogen and oxygen atoms in total. The van der Waals surface area contributed by atoms with Crippen LogP contribution in [0.5, 0.6) is 11.5 Å². The summed E-state index contributed by atoms with van der Waals surface area (Å²) in [5.41, 5.74) is 0.0960. The van der Waals surface area contributed by atoms with Crippen molar-refractivity contribution in [2.75, 3.05) is 13.7 Å². The zero-order chi connectivity index (χ0) is 12.0. The van der Waals surface area contributed by atoms with Crippen LogP contribution in [0.3, 0.4) is 0 Å². The first-order chi connectivity index (χ1) is 7.69. The molecule has 0 atom stereocenters. The summed E-state index contributed by atoms with van der Waals surface area (Å²) < 4.78 is 10.2. The van der Waals surface area contributed by atoms with Gasteiger partial charge in [0.25, 0.3) is 0 Å². The van der Waals surface area contributed by atoms with Gasteiger partial charge in [0.2, 0.25) is 0 Å². The molecule has 0 aliphatic rings. The van der Waals surface area contributed by atoms with Gasteiger partial charge in [0.05, 0.1) is 7.11 Å². The molecule has 16 heavy (non-hydrogen) atoms. The van der Waals surface area contributed by atoms with E-state index < -0.39 is 5.97 Å². The second kappa shape index (κ2) is 5.66. The van der Waals surface area contributed by atoms with Gasteiger partial charge in [-0.15, -0.1) is 5.92 Å². The molecule has 0 radical (unpaired) electrons. The van der Waals surface area contributed by atoms with E-state index in [2.05, 4.69) is 11.8 Å². The fourth-order valence-electron chi connectivity index (χ4n) is 1.11. The van der Waals surface area contributed by atoms with Crippen LogP contribution in [-0.2, 0) is 0 Å². The molecule has 0 aliphatic heterocycles. The van der Waals surface area contributed by atoms with E-state index in [-0.39, 0.29) is 17.9 Å². The average molecular weight is 220 g/mol. The highest BCUT2D eigenvalue weighted by Crippen LogP contribution is 2.24. The molecular weight excluding hydrogens is 208 g/mol. The Morgan fingerprint density at radius 3 is 2.81 bits per heavy atom. The molecule has 84 valence electrons. The van der Waals surface area contributed by atoms with Crippen molar-refractivity contribution >= 4 is 5.97 Å². The number of benzene rings is 1. The molecule has 0 amide bonds. The first kappa shape index (κ1) is 11.9. The van der Waals surface area contributed by atoms with E-state index in [9.17, 15) is 4.79 Å². The number of carboxylic acid groups (broad SMARTS) is 1. The lowest BCUT2D eigenvalue weighted by atomic mass is 10.2. The normalized spacial score (nSPS) is 8.88. The lowest BCUT2D eigenvalue weighted by molar-refractivity contribution is 0.0693. The molecule has 0 bridgehead atoms. The number of methoxy groups -OCH3 is 1. The first-order valence-corrected chi connectivity index (χ1v) is 4.62. The van der Waals surface area contributed by atoms with Gasteiger partial charge in [-0.25, -0.2) is 4.79 Å². The van der Waals surface area contributed by atoms with Crippen LogP contribution in [0.4, 0.5) is 0 Å². The fraction of sp³-hybridized carbons (Fsp3) is 0.250. The van der Waals surface area contributed by atoms with Gasteiger partial charge in [-0.2, -0.15) is 0 Å². The summed E-state index contributed by atoms with van der Waals surface area (Å²) in [6.07, 6.45) is 0. The van der Waals surface area contributed by atoms with Crippen molar-refractivity contribution in [1.82, 2.24) is 0 Å². The molecule has 0 spiro atoms. The SMILES string of the molecule is CC#CCOc1cc(OC)ccc1C(=O)O. The number of hydrogen-bond donors (Lipinski definition) is 1. The monoisotopic (exact) mass is 220 g/mol. The van der Waals surface area contributed by atoms with Crippen LogP contribution in [0.2, 0.25) is 0 Å². The second-order valence-electron chi connectivity index (χ2n) is 2.88. The number of carboxylic acids is 1. The Bertz CT molecular complexity index is 440. The molecule has 0 aliphatic carbocycles. The number of hydrogen-bond acceptors (Lipinski definition) is 3. The van der Waals surface area contributed by atoms with Crippen molar-refractivity contribution in [2.45, 2.75) is 6.92 Å². The molecule has 1 aromatic carbocycles. The molecular formula is C12H12O4. The average Bonchev–Trinajstić information content (AvgIpc) is 2.29. The Morgan fingerprint density at radius 1 is 1.50 bits per heavy atom. The molecule has 0 unspecified atom stereocenters. The zero-order valence-electron chi connectivity index (χ0n) is 9.11. The van der Waals surface area contributed by atoms with Crippen LogP contribution < -0.4 is 9.47 Å². The number of rotatable bonds is 4. The first-order valence-electron chi connectivity index (χ1n) is 4.62. The minimum atomic E-state index is -1.04. The maximum atomic E-state index is 10.9. The largest absolute Gasteiger partial charge is 0.497 e. The molecule has 1 N–H and O–H groups in total. The number of aromatic carboxylic acids is 1. The van der Waals surface area contributed by atoms with Gasteiger partial charge in [-0.05, 0) is 19.1 Å². The number of carbonyl (C=O) groups is 1. The third-order valence-corrected chi connectivity index (χ3v) is 1.90. The van der Waals surface area contributed by atoms with Crippen molar-refractivity contribution in [3.05, 3.63) is 23.8 Å². The van der Waals surface area contributed by atoms with Gasteiger partial charge in [0, 0.05) is 6.07 Å². The Kier molecular flexibility index (Phi) is 4.22. The molecule has 1 aromatic rings. The van der Waals surface area contributed by atoms with Crippen LogP contribution in [-0.4, -0.2) is 24.8 Å². The van der Waals surface area contributed by atoms with E-state index in [0.29, 0.717) is 5.75 Å². The standard InChI is InChI=1S/C12H12O4/c1-3-4-7-16-11-8-9(15-2)5-6-10(11)12(13)14/h5-6,8H,7H2,1-2H3,(H,13,14). The number of ether oxygens (including phenoxy) is 2. The van der Waals surface area contributed by atoms with E-state index in [0.717, 1.165) is 0 Å². The summed E-state index contributed by atoms with van der Waals surface area (Å²) in [5, 5.41) is 8.93. The van der Waals surface area contributed by atoms with Crippen molar-refractivity contribution in [3.8, 4) is 23.3 Å². The third kappa shape index (κ3) is 2.92. The van der Waals surface area contributed by atoms with Crippen molar-refractivity contribution < 1.29 is 19.4 Å². The zero-order valence-corrected chi connectivity index (χ0v) is 9.11. The predicted octanol–water partition coefficient (Wildman–Crippen LogP) is 1.80. The van der Waals surface area contributed by atoms with E-state index in [4.69, 9.17) is 14.6 Å². The van der Waals surface area contributed by atoms with Crippen LogP contribution in [0.1, 0.15) is 17.3 Å². The van der Waals surface area contributed by atoms with E-state index in [1.165, 1.54) is 19.2 Å². The highest BCUT2D eigenvalue weighted by atomic mass is 16.5. The van der Waals surface area contributed by atoms with Crippen LogP contribution in [0.15, 0.2) is 18.2 Å². The molecule has 0 saturated carbocycles. The van der Waals surface area contributed by atoms with Crippen LogP contribution >= 0.6 is 0 Å². The van der Waals surface area contributed by atoms with Crippen LogP contribution in [0.25, 0.3) is 0 Å². The maximum absolute atomic E-state index is 10.9. The Morgan fingerprint density at radius 2 is 2.25 bits per heavy atom. The molecule has 0 heterocycles. The Balaban J connectivity index is 2.98. The lowest BCUT2D eigenvalue weighted by Gasteiger charge is -2.08. The van der Waals surface area contributed by atoms with Crippen molar-refractivity contribution in [2.24, 2.45) is 0 Å². The Labute approximate surface area is 93.8 Å². The quantitative estimate of drug-likeness (QED) is 0.786. The summed E-state index contributed by atoms with van der Waals surface area (Å²) >= 11 is 0. The lowest BCUT2D eigenvalue weighted by Crippen LogP contribution is -2.03. The van der Waals surface area contributed by atoms with Crippen molar-refractivity contribution in [3.63, 3.8) is 0 Å². The minimum absolute atomic E-state index is 0.0960. The second-order valence-corrected chi connectivity index (χ2v) is 2.88.